The van der Waals surface area contributed by atoms with E-state index in [0.29, 0.717) is 17.9 Å². The standard InChI is InChI=1S/C19H28N2O2/c22-18-16-8-3-4-9-17(16)23-13-6-2-1-5-10-19(15-21-18)11-7-12-20-14-19/h3-4,8-9,20H,1-2,5-7,10-15H2,(H,21,22). The van der Waals surface area contributed by atoms with Crippen molar-refractivity contribution in [1.82, 2.24) is 10.6 Å². The molecule has 1 aromatic rings. The summed E-state index contributed by atoms with van der Waals surface area (Å²) in [5, 5.41) is 6.71. The van der Waals surface area contributed by atoms with Crippen LogP contribution in [0.3, 0.4) is 0 Å². The van der Waals surface area contributed by atoms with Gasteiger partial charge in [-0.05, 0) is 44.4 Å². The predicted molar refractivity (Wildman–Crippen MR) is 91.9 cm³/mol. The van der Waals surface area contributed by atoms with Gasteiger partial charge in [0, 0.05) is 18.5 Å². The Morgan fingerprint density at radius 3 is 2.65 bits per heavy atom. The molecule has 3 rings (SSSR count). The molecule has 1 amide bonds. The van der Waals surface area contributed by atoms with Crippen LogP contribution in [-0.4, -0.2) is 32.1 Å². The predicted octanol–water partition coefficient (Wildman–Crippen LogP) is 3.13. The Morgan fingerprint density at radius 1 is 0.957 bits per heavy atom. The minimum absolute atomic E-state index is 0.00945. The molecule has 2 aliphatic rings. The second-order valence-electron chi connectivity index (χ2n) is 6.97. The Morgan fingerprint density at radius 2 is 1.78 bits per heavy atom. The third-order valence-corrected chi connectivity index (χ3v) is 5.18. The van der Waals surface area contributed by atoms with Crippen molar-refractivity contribution in [2.45, 2.75) is 44.9 Å². The van der Waals surface area contributed by atoms with E-state index in [1.165, 1.54) is 38.5 Å². The molecule has 1 atom stereocenters. The van der Waals surface area contributed by atoms with Crippen LogP contribution >= 0.6 is 0 Å². The molecule has 0 aromatic heterocycles. The van der Waals surface area contributed by atoms with Crippen LogP contribution in [0.15, 0.2) is 24.3 Å². The second kappa shape index (κ2) is 7.82. The number of carbonyl (C=O) groups excluding carboxylic acids is 1. The Hall–Kier alpha value is -1.55. The fourth-order valence-corrected chi connectivity index (χ4v) is 3.76. The van der Waals surface area contributed by atoms with Gasteiger partial charge >= 0.3 is 0 Å². The van der Waals surface area contributed by atoms with Crippen molar-refractivity contribution in [3.8, 4) is 5.75 Å². The molecule has 4 heteroatoms. The molecule has 23 heavy (non-hydrogen) atoms. The number of para-hydroxylation sites is 1. The zero-order valence-corrected chi connectivity index (χ0v) is 13.9. The highest BCUT2D eigenvalue weighted by Crippen LogP contribution is 2.32. The van der Waals surface area contributed by atoms with Gasteiger partial charge < -0.3 is 15.4 Å². The number of nitrogens with one attached hydrogen (secondary N) is 2. The van der Waals surface area contributed by atoms with Crippen LogP contribution in [0.2, 0.25) is 0 Å². The summed E-state index contributed by atoms with van der Waals surface area (Å²) in [6, 6.07) is 7.58. The summed E-state index contributed by atoms with van der Waals surface area (Å²) in [7, 11) is 0. The van der Waals surface area contributed by atoms with E-state index >= 15 is 0 Å². The van der Waals surface area contributed by atoms with E-state index in [0.717, 1.165) is 26.1 Å². The molecule has 126 valence electrons. The first-order chi connectivity index (χ1) is 11.3. The lowest BCUT2D eigenvalue weighted by molar-refractivity contribution is 0.0906. The molecular formula is C19H28N2O2. The number of amides is 1. The molecule has 4 nitrogen and oxygen atoms in total. The minimum atomic E-state index is -0.00945. The molecular weight excluding hydrogens is 288 g/mol. The van der Waals surface area contributed by atoms with E-state index in [-0.39, 0.29) is 11.3 Å². The minimum Gasteiger partial charge on any atom is -0.493 e. The molecule has 0 saturated carbocycles. The van der Waals surface area contributed by atoms with Gasteiger partial charge in [-0.1, -0.05) is 31.4 Å². The van der Waals surface area contributed by atoms with Crippen LogP contribution in [0.4, 0.5) is 0 Å². The van der Waals surface area contributed by atoms with E-state index in [1.54, 1.807) is 0 Å². The van der Waals surface area contributed by atoms with Crippen molar-refractivity contribution in [3.05, 3.63) is 29.8 Å². The van der Waals surface area contributed by atoms with E-state index in [9.17, 15) is 4.79 Å². The summed E-state index contributed by atoms with van der Waals surface area (Å²) >= 11 is 0. The van der Waals surface area contributed by atoms with Gasteiger partial charge in [0.2, 0.25) is 0 Å². The van der Waals surface area contributed by atoms with E-state index < -0.39 is 0 Å². The fourth-order valence-electron chi connectivity index (χ4n) is 3.76. The van der Waals surface area contributed by atoms with Gasteiger partial charge in [-0.2, -0.15) is 0 Å². The van der Waals surface area contributed by atoms with Gasteiger partial charge in [-0.3, -0.25) is 4.79 Å². The molecule has 2 aliphatic heterocycles. The average Bonchev–Trinajstić information content (AvgIpc) is 2.61. The summed E-state index contributed by atoms with van der Waals surface area (Å²) < 4.78 is 5.84. The quantitative estimate of drug-likeness (QED) is 0.773. The van der Waals surface area contributed by atoms with E-state index in [2.05, 4.69) is 10.6 Å². The highest BCUT2D eigenvalue weighted by atomic mass is 16.5. The monoisotopic (exact) mass is 316 g/mol. The number of fused-ring (bicyclic) bond motifs is 1. The lowest BCUT2D eigenvalue weighted by Crippen LogP contribution is -2.47. The van der Waals surface area contributed by atoms with Gasteiger partial charge in [-0.25, -0.2) is 0 Å². The van der Waals surface area contributed by atoms with Crippen LogP contribution in [-0.2, 0) is 0 Å². The number of ether oxygens (including phenoxy) is 1. The first-order valence-electron chi connectivity index (χ1n) is 9.00. The lowest BCUT2D eigenvalue weighted by Gasteiger charge is -2.38. The van der Waals surface area contributed by atoms with Crippen LogP contribution in [0.1, 0.15) is 55.3 Å². The molecule has 0 radical (unpaired) electrons. The van der Waals surface area contributed by atoms with Crippen LogP contribution in [0.25, 0.3) is 0 Å². The van der Waals surface area contributed by atoms with Crippen molar-refractivity contribution >= 4 is 5.91 Å². The summed E-state index contributed by atoms with van der Waals surface area (Å²) in [5.41, 5.74) is 0.878. The zero-order chi connectivity index (χ0) is 16.0. The summed E-state index contributed by atoms with van der Waals surface area (Å²) in [6.45, 7) is 3.57. The van der Waals surface area contributed by atoms with Crippen LogP contribution in [0, 0.1) is 5.41 Å². The molecule has 0 bridgehead atoms. The van der Waals surface area contributed by atoms with Crippen molar-refractivity contribution in [2.75, 3.05) is 26.2 Å². The van der Waals surface area contributed by atoms with Crippen molar-refractivity contribution in [3.63, 3.8) is 0 Å². The SMILES string of the molecule is O=C1NCC2(CCCCCCOc3ccccc31)CCCNC2. The molecule has 1 aromatic carbocycles. The van der Waals surface area contributed by atoms with E-state index in [4.69, 9.17) is 4.74 Å². The maximum Gasteiger partial charge on any atom is 0.255 e. The van der Waals surface area contributed by atoms with Gasteiger partial charge in [0.25, 0.3) is 5.91 Å². The van der Waals surface area contributed by atoms with Crippen LogP contribution < -0.4 is 15.4 Å². The molecule has 2 heterocycles. The second-order valence-corrected chi connectivity index (χ2v) is 6.97. The number of hydrogen-bond acceptors (Lipinski definition) is 3. The molecule has 0 aliphatic carbocycles. The highest BCUT2D eigenvalue weighted by Gasteiger charge is 2.32. The lowest BCUT2D eigenvalue weighted by atomic mass is 9.76. The molecule has 2 N–H and O–H groups in total. The number of rotatable bonds is 0. The van der Waals surface area contributed by atoms with Crippen molar-refractivity contribution in [2.24, 2.45) is 5.41 Å². The Labute approximate surface area is 139 Å². The summed E-state index contributed by atoms with van der Waals surface area (Å²) in [4.78, 5) is 12.6. The molecule has 1 saturated heterocycles. The van der Waals surface area contributed by atoms with Gasteiger partial charge in [-0.15, -0.1) is 0 Å². The van der Waals surface area contributed by atoms with E-state index in [1.807, 2.05) is 24.3 Å². The smallest absolute Gasteiger partial charge is 0.255 e. The number of benzene rings is 1. The largest absolute Gasteiger partial charge is 0.493 e. The molecule has 1 unspecified atom stereocenters. The number of carbonyl (C=O) groups is 1. The summed E-state index contributed by atoms with van der Waals surface area (Å²) in [6.07, 6.45) is 8.36. The highest BCUT2D eigenvalue weighted by molar-refractivity contribution is 5.96. The Balaban J connectivity index is 1.76. The molecule has 1 spiro atoms. The maximum absolute atomic E-state index is 12.6. The number of piperidine rings is 1. The van der Waals surface area contributed by atoms with Gasteiger partial charge in [0.05, 0.1) is 12.2 Å². The average molecular weight is 316 g/mol. The summed E-state index contributed by atoms with van der Waals surface area (Å²) in [5.74, 6) is 0.699. The van der Waals surface area contributed by atoms with Crippen LogP contribution in [0.5, 0.6) is 5.75 Å². The zero-order valence-electron chi connectivity index (χ0n) is 13.9. The topological polar surface area (TPSA) is 50.4 Å². The van der Waals surface area contributed by atoms with Gasteiger partial charge in [0.15, 0.2) is 0 Å². The third kappa shape index (κ3) is 4.25. The van der Waals surface area contributed by atoms with Crippen molar-refractivity contribution < 1.29 is 9.53 Å². The first-order valence-corrected chi connectivity index (χ1v) is 9.00. The first kappa shape index (κ1) is 16.3. The maximum atomic E-state index is 12.6. The number of hydrogen-bond donors (Lipinski definition) is 2. The molecule has 1 fully saturated rings. The fraction of sp³-hybridized carbons (Fsp3) is 0.632. The van der Waals surface area contributed by atoms with Crippen molar-refractivity contribution in [1.29, 1.82) is 0 Å². The normalized spacial score (nSPS) is 26.9. The van der Waals surface area contributed by atoms with Gasteiger partial charge in [0.1, 0.15) is 5.75 Å². The Bertz CT molecular complexity index is 524. The Kier molecular flexibility index (Phi) is 5.55. The third-order valence-electron chi connectivity index (χ3n) is 5.18.